The lowest BCUT2D eigenvalue weighted by molar-refractivity contribution is 0.179. The predicted octanol–water partition coefficient (Wildman–Crippen LogP) is 8.30. The molecule has 0 saturated carbocycles. The number of urea groups is 1. The van der Waals surface area contributed by atoms with Crippen LogP contribution in [0.25, 0.3) is 16.6 Å². The summed E-state index contributed by atoms with van der Waals surface area (Å²) < 4.78 is 1.71. The average Bonchev–Trinajstić information content (AvgIpc) is 2.94. The number of nitrogens with one attached hydrogen (secondary N) is 1. The van der Waals surface area contributed by atoms with Crippen LogP contribution in [0.1, 0.15) is 87.9 Å². The molecule has 0 radical (unpaired) electrons. The zero-order chi connectivity index (χ0) is 28.8. The third kappa shape index (κ3) is 6.27. The lowest BCUT2D eigenvalue weighted by Gasteiger charge is -2.32. The highest BCUT2D eigenvalue weighted by Crippen LogP contribution is 2.28. The number of amides is 2. The van der Waals surface area contributed by atoms with Gasteiger partial charge in [-0.15, -0.1) is 0 Å². The van der Waals surface area contributed by atoms with E-state index in [1.165, 1.54) is 5.56 Å². The lowest BCUT2D eigenvalue weighted by Crippen LogP contribution is -2.41. The van der Waals surface area contributed by atoms with Crippen molar-refractivity contribution in [1.29, 1.82) is 0 Å². The number of benzene rings is 3. The first-order valence-corrected chi connectivity index (χ1v) is 14.5. The van der Waals surface area contributed by atoms with Gasteiger partial charge in [-0.25, -0.2) is 9.78 Å². The molecular formula is C34H42N4O2. The highest BCUT2D eigenvalue weighted by Gasteiger charge is 2.29. The number of anilines is 1. The van der Waals surface area contributed by atoms with Crippen LogP contribution >= 0.6 is 0 Å². The Balaban J connectivity index is 1.83. The van der Waals surface area contributed by atoms with E-state index in [1.54, 1.807) is 4.57 Å². The number of fused-ring (bicyclic) bond motifs is 1. The van der Waals surface area contributed by atoms with Crippen LogP contribution in [0, 0.1) is 13.8 Å². The van der Waals surface area contributed by atoms with Gasteiger partial charge in [0.15, 0.2) is 0 Å². The van der Waals surface area contributed by atoms with Crippen molar-refractivity contribution in [3.05, 3.63) is 99.6 Å². The molecule has 0 aliphatic heterocycles. The van der Waals surface area contributed by atoms with Crippen LogP contribution in [0.15, 0.2) is 71.5 Å². The number of carbonyl (C=O) groups is 1. The van der Waals surface area contributed by atoms with Gasteiger partial charge in [0.1, 0.15) is 5.82 Å². The van der Waals surface area contributed by atoms with Crippen LogP contribution in [0.4, 0.5) is 10.5 Å². The minimum atomic E-state index is -0.397. The van der Waals surface area contributed by atoms with Crippen molar-refractivity contribution in [2.24, 2.45) is 0 Å². The second-order valence-corrected chi connectivity index (χ2v) is 10.9. The maximum absolute atomic E-state index is 14.0. The van der Waals surface area contributed by atoms with Crippen LogP contribution in [0.3, 0.4) is 0 Å². The van der Waals surface area contributed by atoms with Gasteiger partial charge in [-0.2, -0.15) is 0 Å². The largest absolute Gasteiger partial charge is 0.322 e. The Hall–Kier alpha value is -3.93. The number of hydrogen-bond donors (Lipinski definition) is 1. The number of para-hydroxylation sites is 1. The van der Waals surface area contributed by atoms with E-state index in [1.807, 2.05) is 73.3 Å². The fraction of sp³-hybridized carbons (Fsp3) is 0.382. The van der Waals surface area contributed by atoms with Gasteiger partial charge in [-0.3, -0.25) is 9.36 Å². The number of carbonyl (C=O) groups excluding carboxylic acids is 1. The number of unbranched alkanes of at least 4 members (excludes halogenated alkanes) is 2. The SMILES string of the molecule is CCCCCN(C(=O)Nc1ccc(C(C)C)cc1)C(CC)c1nc2ccccc2c(=O)n1-c1ccc(C)c(C)c1. The molecule has 210 valence electrons. The normalized spacial score (nSPS) is 12.1. The number of aromatic nitrogens is 2. The predicted molar refractivity (Wildman–Crippen MR) is 166 cm³/mol. The fourth-order valence-electron chi connectivity index (χ4n) is 5.11. The molecule has 1 atom stereocenters. The van der Waals surface area contributed by atoms with Crippen molar-refractivity contribution in [3.63, 3.8) is 0 Å². The van der Waals surface area contributed by atoms with Gasteiger partial charge in [0.2, 0.25) is 0 Å². The summed E-state index contributed by atoms with van der Waals surface area (Å²) in [7, 11) is 0. The van der Waals surface area contributed by atoms with E-state index in [0.717, 1.165) is 41.8 Å². The van der Waals surface area contributed by atoms with Crippen LogP contribution in [0.5, 0.6) is 0 Å². The molecule has 1 aromatic heterocycles. The smallest absolute Gasteiger partial charge is 0.314 e. The summed E-state index contributed by atoms with van der Waals surface area (Å²) >= 11 is 0. The first-order valence-electron chi connectivity index (χ1n) is 14.5. The summed E-state index contributed by atoms with van der Waals surface area (Å²) in [5.41, 5.74) is 5.50. The third-order valence-electron chi connectivity index (χ3n) is 7.70. The molecule has 4 aromatic rings. The molecule has 1 unspecified atom stereocenters. The quantitative estimate of drug-likeness (QED) is 0.207. The zero-order valence-corrected chi connectivity index (χ0v) is 24.7. The maximum atomic E-state index is 14.0. The van der Waals surface area contributed by atoms with Crippen molar-refractivity contribution in [1.82, 2.24) is 14.5 Å². The molecule has 3 aromatic carbocycles. The van der Waals surface area contributed by atoms with Crippen molar-refractivity contribution < 1.29 is 4.79 Å². The van der Waals surface area contributed by atoms with E-state index in [2.05, 4.69) is 45.1 Å². The van der Waals surface area contributed by atoms with Crippen LogP contribution in [-0.4, -0.2) is 27.0 Å². The fourth-order valence-corrected chi connectivity index (χ4v) is 5.11. The number of hydrogen-bond acceptors (Lipinski definition) is 3. The summed E-state index contributed by atoms with van der Waals surface area (Å²) in [6.45, 7) is 13.2. The van der Waals surface area contributed by atoms with Crippen LogP contribution in [-0.2, 0) is 0 Å². The summed E-state index contributed by atoms with van der Waals surface area (Å²) in [5, 5.41) is 3.68. The second kappa shape index (κ2) is 12.9. The molecule has 0 aliphatic carbocycles. The van der Waals surface area contributed by atoms with E-state index >= 15 is 0 Å². The molecule has 6 nitrogen and oxygen atoms in total. The first kappa shape index (κ1) is 29.1. The van der Waals surface area contributed by atoms with Gasteiger partial charge >= 0.3 is 6.03 Å². The van der Waals surface area contributed by atoms with E-state index < -0.39 is 6.04 Å². The molecule has 6 heteroatoms. The van der Waals surface area contributed by atoms with Crippen molar-refractivity contribution in [2.45, 2.75) is 79.2 Å². The first-order chi connectivity index (χ1) is 19.2. The minimum Gasteiger partial charge on any atom is -0.314 e. The Labute approximate surface area is 238 Å². The van der Waals surface area contributed by atoms with Crippen LogP contribution < -0.4 is 10.9 Å². The Bertz CT molecular complexity index is 1520. The maximum Gasteiger partial charge on any atom is 0.322 e. The average molecular weight is 539 g/mol. The van der Waals surface area contributed by atoms with Gasteiger partial charge < -0.3 is 10.2 Å². The Morgan fingerprint density at radius 2 is 1.68 bits per heavy atom. The monoisotopic (exact) mass is 538 g/mol. The highest BCUT2D eigenvalue weighted by molar-refractivity contribution is 5.89. The number of rotatable bonds is 10. The molecule has 1 N–H and O–H groups in total. The minimum absolute atomic E-state index is 0.125. The Kier molecular flexibility index (Phi) is 9.41. The molecule has 0 fully saturated rings. The molecule has 0 aliphatic rings. The topological polar surface area (TPSA) is 67.2 Å². The van der Waals surface area contributed by atoms with Gasteiger partial charge in [0.05, 0.1) is 22.6 Å². The van der Waals surface area contributed by atoms with E-state index in [9.17, 15) is 9.59 Å². The van der Waals surface area contributed by atoms with Gasteiger partial charge in [0, 0.05) is 12.2 Å². The second-order valence-electron chi connectivity index (χ2n) is 10.9. The van der Waals surface area contributed by atoms with E-state index in [4.69, 9.17) is 4.98 Å². The molecule has 0 bridgehead atoms. The summed E-state index contributed by atoms with van der Waals surface area (Å²) in [5.74, 6) is 0.997. The molecule has 4 rings (SSSR count). The van der Waals surface area contributed by atoms with Gasteiger partial charge in [0.25, 0.3) is 5.56 Å². The Morgan fingerprint density at radius 3 is 2.33 bits per heavy atom. The highest BCUT2D eigenvalue weighted by atomic mass is 16.2. The van der Waals surface area contributed by atoms with Gasteiger partial charge in [-0.05, 0) is 85.7 Å². The Morgan fingerprint density at radius 1 is 0.950 bits per heavy atom. The summed E-state index contributed by atoms with van der Waals surface area (Å²) in [4.78, 5) is 34.8. The molecule has 2 amide bonds. The molecule has 0 spiro atoms. The lowest BCUT2D eigenvalue weighted by atomic mass is 10.0. The van der Waals surface area contributed by atoms with E-state index in [-0.39, 0.29) is 11.6 Å². The molecule has 0 saturated heterocycles. The van der Waals surface area contributed by atoms with Crippen molar-refractivity contribution in [2.75, 3.05) is 11.9 Å². The molecular weight excluding hydrogens is 496 g/mol. The van der Waals surface area contributed by atoms with Crippen molar-refractivity contribution >= 4 is 22.6 Å². The number of aryl methyl sites for hydroxylation is 2. The molecule has 40 heavy (non-hydrogen) atoms. The number of nitrogens with zero attached hydrogens (tertiary/aromatic N) is 3. The van der Waals surface area contributed by atoms with Gasteiger partial charge in [-0.1, -0.05) is 70.9 Å². The standard InChI is InChI=1S/C34H42N4O2/c1-7-9-12-21-37(34(40)35-27-18-16-26(17-19-27)23(3)4)31(8-2)32-36-30-14-11-10-13-29(30)33(39)38(32)28-20-15-24(5)25(6)22-28/h10-11,13-20,22-23,31H,7-9,12,21H2,1-6H3,(H,35,40). The van der Waals surface area contributed by atoms with E-state index in [0.29, 0.717) is 35.6 Å². The third-order valence-corrected chi connectivity index (χ3v) is 7.70. The summed E-state index contributed by atoms with van der Waals surface area (Å²) in [6.07, 6.45) is 3.54. The zero-order valence-electron chi connectivity index (χ0n) is 24.7. The molecule has 1 heterocycles. The van der Waals surface area contributed by atoms with Crippen LogP contribution in [0.2, 0.25) is 0 Å². The summed E-state index contributed by atoms with van der Waals surface area (Å²) in [6, 6.07) is 20.9. The van der Waals surface area contributed by atoms with Crippen molar-refractivity contribution in [3.8, 4) is 5.69 Å².